The van der Waals surface area contributed by atoms with Gasteiger partial charge < -0.3 is 10.5 Å². The molecule has 0 aliphatic rings. The average Bonchev–Trinajstić information content (AvgIpc) is 1.87. The summed E-state index contributed by atoms with van der Waals surface area (Å²) in [5.41, 5.74) is 0. The van der Waals surface area contributed by atoms with Gasteiger partial charge in [0.25, 0.3) is 0 Å². The number of rotatable bonds is 6. The Balaban J connectivity index is 2.77. The van der Waals surface area contributed by atoms with E-state index in [1.54, 1.807) is 7.05 Å². The molecule has 0 rings (SSSR count). The molecule has 0 heterocycles. The van der Waals surface area contributed by atoms with Crippen molar-refractivity contribution in [3.63, 3.8) is 0 Å². The highest BCUT2D eigenvalue weighted by atomic mass is 16.5. The summed E-state index contributed by atoms with van der Waals surface area (Å²) < 4.78 is 0. The molecule has 0 aliphatic carbocycles. The highest BCUT2D eigenvalue weighted by molar-refractivity contribution is 4.45. The van der Waals surface area contributed by atoms with Crippen LogP contribution in [0.1, 0.15) is 19.3 Å². The first-order valence-corrected chi connectivity index (χ1v) is 3.82. The zero-order valence-corrected chi connectivity index (χ0v) is 6.93. The molecule has 0 aromatic carbocycles. The summed E-state index contributed by atoms with van der Waals surface area (Å²) in [6, 6.07) is 0. The Morgan fingerprint density at radius 3 is 2.50 bits per heavy atom. The third-order valence-corrected chi connectivity index (χ3v) is 1.41. The van der Waals surface area contributed by atoms with Crippen LogP contribution >= 0.6 is 0 Å². The molecule has 0 fully saturated rings. The third-order valence-electron chi connectivity index (χ3n) is 1.41. The SMILES string of the molecule is CNCCCCCN(C)O. The van der Waals surface area contributed by atoms with Crippen molar-refractivity contribution < 1.29 is 5.21 Å². The number of hydrogen-bond acceptors (Lipinski definition) is 3. The lowest BCUT2D eigenvalue weighted by molar-refractivity contribution is -0.0655. The minimum atomic E-state index is 0.781. The van der Waals surface area contributed by atoms with Crippen LogP contribution in [-0.2, 0) is 0 Å². The van der Waals surface area contributed by atoms with Crippen LogP contribution in [0.5, 0.6) is 0 Å². The molecule has 0 bridgehead atoms. The molecule has 0 saturated carbocycles. The molecule has 0 aromatic heterocycles. The number of nitrogens with one attached hydrogen (secondary N) is 1. The minimum Gasteiger partial charge on any atom is -0.320 e. The molecule has 0 aliphatic heterocycles. The first-order valence-electron chi connectivity index (χ1n) is 3.82. The zero-order chi connectivity index (χ0) is 7.82. The van der Waals surface area contributed by atoms with Crippen LogP contribution in [0.3, 0.4) is 0 Å². The maximum atomic E-state index is 8.73. The van der Waals surface area contributed by atoms with Gasteiger partial charge in [-0.15, -0.1) is 0 Å². The van der Waals surface area contributed by atoms with Gasteiger partial charge in [0.15, 0.2) is 0 Å². The van der Waals surface area contributed by atoms with Crippen molar-refractivity contribution >= 4 is 0 Å². The lowest BCUT2D eigenvalue weighted by Crippen LogP contribution is -2.14. The second-order valence-electron chi connectivity index (χ2n) is 2.55. The van der Waals surface area contributed by atoms with Crippen molar-refractivity contribution in [2.24, 2.45) is 0 Å². The molecule has 0 amide bonds. The second-order valence-corrected chi connectivity index (χ2v) is 2.55. The molecule has 0 aromatic rings. The minimum absolute atomic E-state index is 0.781. The normalized spacial score (nSPS) is 10.8. The standard InChI is InChI=1S/C7H18N2O/c1-8-6-4-3-5-7-9(2)10/h8,10H,3-7H2,1-2H3. The van der Waals surface area contributed by atoms with Crippen molar-refractivity contribution in [2.45, 2.75) is 19.3 Å². The molecule has 0 saturated heterocycles. The van der Waals surface area contributed by atoms with Gasteiger partial charge in [0.05, 0.1) is 0 Å². The largest absolute Gasteiger partial charge is 0.320 e. The maximum absolute atomic E-state index is 8.73. The molecular weight excluding hydrogens is 128 g/mol. The maximum Gasteiger partial charge on any atom is 0.0235 e. The molecular formula is C7H18N2O. The quantitative estimate of drug-likeness (QED) is 0.427. The Labute approximate surface area is 63.0 Å². The summed E-state index contributed by atoms with van der Waals surface area (Å²) in [5, 5.41) is 13.0. The van der Waals surface area contributed by atoms with Gasteiger partial charge in [-0.2, -0.15) is 5.06 Å². The first kappa shape index (κ1) is 9.88. The summed E-state index contributed by atoms with van der Waals surface area (Å²) in [5.74, 6) is 0. The Morgan fingerprint density at radius 1 is 1.30 bits per heavy atom. The zero-order valence-electron chi connectivity index (χ0n) is 6.93. The van der Waals surface area contributed by atoms with Crippen molar-refractivity contribution in [2.75, 3.05) is 27.2 Å². The van der Waals surface area contributed by atoms with E-state index < -0.39 is 0 Å². The molecule has 0 radical (unpaired) electrons. The van der Waals surface area contributed by atoms with Crippen LogP contribution in [0.4, 0.5) is 0 Å². The molecule has 3 nitrogen and oxygen atoms in total. The summed E-state index contributed by atoms with van der Waals surface area (Å²) in [6.45, 7) is 1.86. The van der Waals surface area contributed by atoms with Gasteiger partial charge in [-0.25, -0.2) is 0 Å². The highest BCUT2D eigenvalue weighted by Gasteiger charge is 1.90. The molecule has 0 spiro atoms. The lowest BCUT2D eigenvalue weighted by atomic mass is 10.2. The van der Waals surface area contributed by atoms with E-state index in [9.17, 15) is 0 Å². The van der Waals surface area contributed by atoms with Crippen molar-refractivity contribution in [3.05, 3.63) is 0 Å². The van der Waals surface area contributed by atoms with E-state index in [1.807, 2.05) is 7.05 Å². The Hall–Kier alpha value is -0.120. The summed E-state index contributed by atoms with van der Waals surface area (Å²) in [6.07, 6.45) is 3.46. The Morgan fingerprint density at radius 2 is 2.00 bits per heavy atom. The fourth-order valence-electron chi connectivity index (χ4n) is 0.819. The highest BCUT2D eigenvalue weighted by Crippen LogP contribution is 1.93. The van der Waals surface area contributed by atoms with Crippen LogP contribution in [0, 0.1) is 0 Å². The predicted molar refractivity (Wildman–Crippen MR) is 42.2 cm³/mol. The smallest absolute Gasteiger partial charge is 0.0235 e. The molecule has 0 atom stereocenters. The summed E-state index contributed by atoms with van der Waals surface area (Å²) in [4.78, 5) is 0. The number of hydroxylamine groups is 2. The monoisotopic (exact) mass is 146 g/mol. The summed E-state index contributed by atoms with van der Waals surface area (Å²) in [7, 11) is 3.64. The van der Waals surface area contributed by atoms with Crippen LogP contribution in [0.25, 0.3) is 0 Å². The molecule has 3 heteroatoms. The fourth-order valence-corrected chi connectivity index (χ4v) is 0.819. The van der Waals surface area contributed by atoms with E-state index >= 15 is 0 Å². The summed E-state index contributed by atoms with van der Waals surface area (Å²) >= 11 is 0. The van der Waals surface area contributed by atoms with Crippen molar-refractivity contribution in [1.82, 2.24) is 10.4 Å². The van der Waals surface area contributed by atoms with E-state index in [1.165, 1.54) is 17.9 Å². The van der Waals surface area contributed by atoms with E-state index in [0.29, 0.717) is 0 Å². The molecule has 10 heavy (non-hydrogen) atoms. The number of hydrogen-bond donors (Lipinski definition) is 2. The van der Waals surface area contributed by atoms with E-state index in [2.05, 4.69) is 5.32 Å². The third kappa shape index (κ3) is 7.88. The van der Waals surface area contributed by atoms with Gasteiger partial charge in [-0.3, -0.25) is 0 Å². The van der Waals surface area contributed by atoms with Gasteiger partial charge in [0.1, 0.15) is 0 Å². The van der Waals surface area contributed by atoms with E-state index in [-0.39, 0.29) is 0 Å². The van der Waals surface area contributed by atoms with Crippen LogP contribution in [0.15, 0.2) is 0 Å². The van der Waals surface area contributed by atoms with Gasteiger partial charge in [0.2, 0.25) is 0 Å². The first-order chi connectivity index (χ1) is 4.77. The average molecular weight is 146 g/mol. The van der Waals surface area contributed by atoms with Gasteiger partial charge in [-0.05, 0) is 26.4 Å². The molecule has 0 unspecified atom stereocenters. The number of nitrogens with zero attached hydrogens (tertiary/aromatic N) is 1. The van der Waals surface area contributed by atoms with Crippen molar-refractivity contribution in [3.8, 4) is 0 Å². The molecule has 2 N–H and O–H groups in total. The van der Waals surface area contributed by atoms with Gasteiger partial charge >= 0.3 is 0 Å². The second kappa shape index (κ2) is 6.99. The lowest BCUT2D eigenvalue weighted by Gasteiger charge is -2.06. The van der Waals surface area contributed by atoms with Gasteiger partial charge in [-0.1, -0.05) is 6.42 Å². The fraction of sp³-hybridized carbons (Fsp3) is 1.00. The van der Waals surface area contributed by atoms with Crippen LogP contribution in [0.2, 0.25) is 0 Å². The Kier molecular flexibility index (Phi) is 6.91. The topological polar surface area (TPSA) is 35.5 Å². The predicted octanol–water partition coefficient (Wildman–Crippen LogP) is 0.697. The molecule has 62 valence electrons. The van der Waals surface area contributed by atoms with Crippen molar-refractivity contribution in [1.29, 1.82) is 0 Å². The Bertz CT molecular complexity index is 66.6. The van der Waals surface area contributed by atoms with E-state index in [0.717, 1.165) is 19.5 Å². The van der Waals surface area contributed by atoms with Gasteiger partial charge in [0, 0.05) is 13.6 Å². The van der Waals surface area contributed by atoms with Crippen LogP contribution in [-0.4, -0.2) is 37.5 Å². The number of unbranched alkanes of at least 4 members (excludes halogenated alkanes) is 2. The van der Waals surface area contributed by atoms with E-state index in [4.69, 9.17) is 5.21 Å². The van der Waals surface area contributed by atoms with Crippen LogP contribution < -0.4 is 5.32 Å².